The highest BCUT2D eigenvalue weighted by Gasteiger charge is 2.44. The molecule has 1 saturated heterocycles. The smallest absolute Gasteiger partial charge is 0.429 e. The molecular formula is C8H14N2O4. The zero-order valence-corrected chi connectivity index (χ0v) is 8.64. The summed E-state index contributed by atoms with van der Waals surface area (Å²) in [5.74, 6) is -0.445. The summed E-state index contributed by atoms with van der Waals surface area (Å²) in [5, 5.41) is 11.8. The summed E-state index contributed by atoms with van der Waals surface area (Å²) in [6.07, 6.45) is -1.80. The van der Waals surface area contributed by atoms with E-state index in [1.54, 1.807) is 0 Å². The molecule has 6 heteroatoms. The fourth-order valence-corrected chi connectivity index (χ4v) is 1.11. The standard InChI is InChI=1S/C8H14N2O4/c1-8(2,13)5-6(11)9(3)10(4)7(12)14-5/h5,13H,1-4H3. The first kappa shape index (κ1) is 10.8. The average molecular weight is 202 g/mol. The van der Waals surface area contributed by atoms with Gasteiger partial charge in [0.2, 0.25) is 6.10 Å². The van der Waals surface area contributed by atoms with Gasteiger partial charge in [-0.1, -0.05) is 0 Å². The Kier molecular flexibility index (Phi) is 2.41. The summed E-state index contributed by atoms with van der Waals surface area (Å²) in [7, 11) is 2.86. The number of carbonyl (C=O) groups is 2. The molecule has 1 atom stereocenters. The van der Waals surface area contributed by atoms with Gasteiger partial charge in [0.15, 0.2) is 0 Å². The molecule has 1 aliphatic rings. The minimum absolute atomic E-state index is 0.445. The van der Waals surface area contributed by atoms with Crippen molar-refractivity contribution < 1.29 is 19.4 Å². The number of amides is 2. The number of hydrogen-bond donors (Lipinski definition) is 1. The third-order valence-electron chi connectivity index (χ3n) is 2.12. The fraction of sp³-hybridized carbons (Fsp3) is 0.750. The lowest BCUT2D eigenvalue weighted by atomic mass is 10.0. The normalized spacial score (nSPS) is 23.9. The highest BCUT2D eigenvalue weighted by Crippen LogP contribution is 2.20. The predicted octanol–water partition coefficient (Wildman–Crippen LogP) is -0.419. The summed E-state index contributed by atoms with van der Waals surface area (Å²) in [5.41, 5.74) is -1.37. The highest BCUT2D eigenvalue weighted by molar-refractivity contribution is 5.88. The third kappa shape index (κ3) is 1.65. The molecule has 6 nitrogen and oxygen atoms in total. The lowest BCUT2D eigenvalue weighted by molar-refractivity contribution is -0.178. The first-order valence-electron chi connectivity index (χ1n) is 4.19. The van der Waals surface area contributed by atoms with E-state index in [2.05, 4.69) is 0 Å². The summed E-state index contributed by atoms with van der Waals surface area (Å²) >= 11 is 0. The van der Waals surface area contributed by atoms with Crippen LogP contribution in [0.2, 0.25) is 0 Å². The van der Waals surface area contributed by atoms with Crippen molar-refractivity contribution in [3.63, 3.8) is 0 Å². The molecule has 0 bridgehead atoms. The summed E-state index contributed by atoms with van der Waals surface area (Å²) in [4.78, 5) is 22.8. The molecule has 0 aromatic heterocycles. The molecule has 1 heterocycles. The lowest BCUT2D eigenvalue weighted by Gasteiger charge is -2.39. The van der Waals surface area contributed by atoms with Crippen LogP contribution in [0.5, 0.6) is 0 Å². The third-order valence-corrected chi connectivity index (χ3v) is 2.12. The molecule has 14 heavy (non-hydrogen) atoms. The molecule has 1 aliphatic heterocycles. The van der Waals surface area contributed by atoms with Gasteiger partial charge in [-0.25, -0.2) is 14.8 Å². The molecule has 2 amide bonds. The van der Waals surface area contributed by atoms with Crippen molar-refractivity contribution in [1.29, 1.82) is 0 Å². The maximum Gasteiger partial charge on any atom is 0.429 e. The van der Waals surface area contributed by atoms with Crippen molar-refractivity contribution in [2.75, 3.05) is 14.1 Å². The molecule has 0 aromatic rings. The van der Waals surface area contributed by atoms with Crippen LogP contribution >= 0.6 is 0 Å². The van der Waals surface area contributed by atoms with Crippen LogP contribution in [-0.4, -0.2) is 52.9 Å². The number of cyclic esters (lactones) is 1. The van der Waals surface area contributed by atoms with Crippen molar-refractivity contribution in [3.8, 4) is 0 Å². The molecule has 1 N–H and O–H groups in total. The van der Waals surface area contributed by atoms with Crippen molar-refractivity contribution >= 4 is 12.0 Å². The Labute approximate surface area is 82.0 Å². The van der Waals surface area contributed by atoms with Crippen molar-refractivity contribution in [1.82, 2.24) is 10.0 Å². The van der Waals surface area contributed by atoms with Crippen LogP contribution in [0.25, 0.3) is 0 Å². The van der Waals surface area contributed by atoms with E-state index in [0.29, 0.717) is 0 Å². The number of hydrogen-bond acceptors (Lipinski definition) is 4. The van der Waals surface area contributed by atoms with E-state index in [0.717, 1.165) is 10.0 Å². The number of likely N-dealkylation sites (N-methyl/N-ethyl adjacent to an activating group) is 1. The number of carbonyl (C=O) groups excluding carboxylic acids is 2. The van der Waals surface area contributed by atoms with E-state index < -0.39 is 23.7 Å². The van der Waals surface area contributed by atoms with Crippen LogP contribution in [0.1, 0.15) is 13.8 Å². The van der Waals surface area contributed by atoms with Gasteiger partial charge in [0.25, 0.3) is 5.91 Å². The van der Waals surface area contributed by atoms with Gasteiger partial charge in [0.1, 0.15) is 5.60 Å². The van der Waals surface area contributed by atoms with Crippen LogP contribution < -0.4 is 0 Å². The number of rotatable bonds is 1. The van der Waals surface area contributed by atoms with E-state index in [1.165, 1.54) is 27.9 Å². The molecule has 0 radical (unpaired) electrons. The first-order valence-corrected chi connectivity index (χ1v) is 4.19. The second-order valence-corrected chi connectivity index (χ2v) is 3.80. The maximum absolute atomic E-state index is 11.6. The molecule has 0 aliphatic carbocycles. The molecule has 1 fully saturated rings. The van der Waals surface area contributed by atoms with E-state index in [-0.39, 0.29) is 0 Å². The number of ether oxygens (including phenoxy) is 1. The van der Waals surface area contributed by atoms with Gasteiger partial charge in [-0.15, -0.1) is 0 Å². The largest absolute Gasteiger partial charge is 0.432 e. The molecular weight excluding hydrogens is 188 g/mol. The first-order chi connectivity index (χ1) is 6.25. The summed E-state index contributed by atoms with van der Waals surface area (Å²) < 4.78 is 4.79. The fourth-order valence-electron chi connectivity index (χ4n) is 1.11. The van der Waals surface area contributed by atoms with Crippen LogP contribution in [0.4, 0.5) is 4.79 Å². The number of nitrogens with zero attached hydrogens (tertiary/aromatic N) is 2. The Morgan fingerprint density at radius 2 is 1.79 bits per heavy atom. The minimum atomic E-state index is -1.37. The second-order valence-electron chi connectivity index (χ2n) is 3.80. The van der Waals surface area contributed by atoms with Crippen molar-refractivity contribution in [2.24, 2.45) is 0 Å². The number of aliphatic hydroxyl groups is 1. The van der Waals surface area contributed by atoms with E-state index >= 15 is 0 Å². The van der Waals surface area contributed by atoms with Crippen LogP contribution in [0.3, 0.4) is 0 Å². The van der Waals surface area contributed by atoms with Gasteiger partial charge in [-0.3, -0.25) is 4.79 Å². The van der Waals surface area contributed by atoms with Gasteiger partial charge in [0.05, 0.1) is 0 Å². The van der Waals surface area contributed by atoms with Gasteiger partial charge in [-0.05, 0) is 13.8 Å². The number of hydrazine groups is 1. The molecule has 0 spiro atoms. The monoisotopic (exact) mass is 202 g/mol. The van der Waals surface area contributed by atoms with Crippen molar-refractivity contribution in [3.05, 3.63) is 0 Å². The highest BCUT2D eigenvalue weighted by atomic mass is 16.6. The van der Waals surface area contributed by atoms with Crippen molar-refractivity contribution in [2.45, 2.75) is 25.6 Å². The Hall–Kier alpha value is -1.30. The summed E-state index contributed by atoms with van der Waals surface area (Å²) in [6, 6.07) is 0. The van der Waals surface area contributed by atoms with Crippen LogP contribution in [-0.2, 0) is 9.53 Å². The summed E-state index contributed by atoms with van der Waals surface area (Å²) in [6.45, 7) is 2.84. The molecule has 0 aromatic carbocycles. The molecule has 1 rings (SSSR count). The van der Waals surface area contributed by atoms with E-state index in [4.69, 9.17) is 4.74 Å². The average Bonchev–Trinajstić information content (AvgIpc) is 2.06. The van der Waals surface area contributed by atoms with Gasteiger partial charge in [0, 0.05) is 14.1 Å². The zero-order chi connectivity index (χ0) is 11.1. The van der Waals surface area contributed by atoms with Crippen LogP contribution in [0, 0.1) is 0 Å². The maximum atomic E-state index is 11.6. The quantitative estimate of drug-likeness (QED) is 0.627. The Bertz CT molecular complexity index is 271. The molecule has 0 saturated carbocycles. The van der Waals surface area contributed by atoms with Gasteiger partial charge < -0.3 is 9.84 Å². The second kappa shape index (κ2) is 3.13. The van der Waals surface area contributed by atoms with E-state index in [9.17, 15) is 14.7 Å². The lowest BCUT2D eigenvalue weighted by Crippen LogP contribution is -2.61. The molecule has 1 unspecified atom stereocenters. The Balaban J connectivity index is 2.92. The topological polar surface area (TPSA) is 70.1 Å². The molecule has 80 valence electrons. The minimum Gasteiger partial charge on any atom is -0.432 e. The van der Waals surface area contributed by atoms with Gasteiger partial charge in [-0.2, -0.15) is 0 Å². The van der Waals surface area contributed by atoms with E-state index in [1.807, 2.05) is 0 Å². The Morgan fingerprint density at radius 1 is 1.29 bits per heavy atom. The zero-order valence-electron chi connectivity index (χ0n) is 8.64. The predicted molar refractivity (Wildman–Crippen MR) is 47.1 cm³/mol. The SMILES string of the molecule is CN1C(=O)OC(C(C)(C)O)C(=O)N1C. The van der Waals surface area contributed by atoms with Gasteiger partial charge >= 0.3 is 6.09 Å². The Morgan fingerprint density at radius 3 is 2.21 bits per heavy atom. The van der Waals surface area contributed by atoms with Crippen LogP contribution in [0.15, 0.2) is 0 Å².